The molecule has 2 aromatic carbocycles. The number of benzene rings is 2. The maximum atomic E-state index is 12.7. The van der Waals surface area contributed by atoms with Gasteiger partial charge in [-0.1, -0.05) is 48.2 Å². The van der Waals surface area contributed by atoms with Crippen LogP contribution >= 0.6 is 24.0 Å². The summed E-state index contributed by atoms with van der Waals surface area (Å²) in [5, 5.41) is 9.32. The molecular weight excluding hydrogens is 342 g/mol. The first-order valence-electron chi connectivity index (χ1n) is 7.14. The second-order valence-electron chi connectivity index (χ2n) is 5.22. The van der Waals surface area contributed by atoms with E-state index in [1.807, 2.05) is 0 Å². The van der Waals surface area contributed by atoms with Crippen molar-refractivity contribution in [1.29, 1.82) is 0 Å². The SMILES string of the molecule is CC(=O)c1cccc(N2C(=O)C(=Cc3ccc(O)cc3)SC2=S)c1. The van der Waals surface area contributed by atoms with Crippen LogP contribution in [0.15, 0.2) is 53.4 Å². The minimum absolute atomic E-state index is 0.0677. The lowest BCUT2D eigenvalue weighted by Crippen LogP contribution is -2.27. The Morgan fingerprint density at radius 1 is 1.21 bits per heavy atom. The molecule has 0 bridgehead atoms. The molecule has 1 amide bonds. The Kier molecular flexibility index (Phi) is 4.51. The third-order valence-electron chi connectivity index (χ3n) is 3.50. The highest BCUT2D eigenvalue weighted by atomic mass is 32.2. The van der Waals surface area contributed by atoms with Crippen molar-refractivity contribution < 1.29 is 14.7 Å². The number of phenols is 1. The Morgan fingerprint density at radius 3 is 2.58 bits per heavy atom. The maximum absolute atomic E-state index is 12.7. The summed E-state index contributed by atoms with van der Waals surface area (Å²) in [4.78, 5) is 26.1. The molecular formula is C18H13NO3S2. The Labute approximate surface area is 148 Å². The number of anilines is 1. The summed E-state index contributed by atoms with van der Waals surface area (Å²) >= 11 is 6.54. The van der Waals surface area contributed by atoms with Crippen molar-refractivity contribution in [2.75, 3.05) is 4.90 Å². The van der Waals surface area contributed by atoms with E-state index in [4.69, 9.17) is 12.2 Å². The highest BCUT2D eigenvalue weighted by Gasteiger charge is 2.33. The first-order chi connectivity index (χ1) is 11.5. The molecule has 1 aliphatic rings. The zero-order valence-electron chi connectivity index (χ0n) is 12.7. The number of aromatic hydroxyl groups is 1. The fraction of sp³-hybridized carbons (Fsp3) is 0.0556. The van der Waals surface area contributed by atoms with Crippen molar-refractivity contribution in [2.45, 2.75) is 6.92 Å². The summed E-state index contributed by atoms with van der Waals surface area (Å²) < 4.78 is 0.422. The number of ketones is 1. The number of hydrogen-bond donors (Lipinski definition) is 1. The maximum Gasteiger partial charge on any atom is 0.270 e. The van der Waals surface area contributed by atoms with Gasteiger partial charge in [0, 0.05) is 5.56 Å². The van der Waals surface area contributed by atoms with Gasteiger partial charge in [0.05, 0.1) is 10.6 Å². The summed E-state index contributed by atoms with van der Waals surface area (Å²) in [6.07, 6.45) is 1.73. The van der Waals surface area contributed by atoms with Crippen molar-refractivity contribution in [1.82, 2.24) is 0 Å². The minimum Gasteiger partial charge on any atom is -0.508 e. The number of Topliss-reactive ketones (excluding diaryl/α,β-unsaturated/α-hetero) is 1. The van der Waals surface area contributed by atoms with E-state index >= 15 is 0 Å². The van der Waals surface area contributed by atoms with Crippen molar-refractivity contribution in [3.8, 4) is 5.75 Å². The molecule has 1 fully saturated rings. The molecule has 1 heterocycles. The number of carbonyl (C=O) groups is 2. The average Bonchev–Trinajstić information content (AvgIpc) is 2.83. The molecule has 120 valence electrons. The minimum atomic E-state index is -0.223. The van der Waals surface area contributed by atoms with Crippen LogP contribution in [0.2, 0.25) is 0 Å². The van der Waals surface area contributed by atoms with E-state index in [9.17, 15) is 14.7 Å². The molecule has 0 aliphatic carbocycles. The molecule has 2 aromatic rings. The number of amides is 1. The molecule has 1 saturated heterocycles. The number of rotatable bonds is 3. The number of nitrogens with zero attached hydrogens (tertiary/aromatic N) is 1. The van der Waals surface area contributed by atoms with Crippen molar-refractivity contribution >= 4 is 51.8 Å². The molecule has 1 N–H and O–H groups in total. The van der Waals surface area contributed by atoms with Crippen LogP contribution in [0.4, 0.5) is 5.69 Å². The van der Waals surface area contributed by atoms with E-state index in [1.54, 1.807) is 54.6 Å². The smallest absolute Gasteiger partial charge is 0.270 e. The predicted octanol–water partition coefficient (Wildman–Crippen LogP) is 4.00. The van der Waals surface area contributed by atoms with Crippen LogP contribution in [-0.2, 0) is 4.79 Å². The van der Waals surface area contributed by atoms with Crippen LogP contribution in [0.25, 0.3) is 6.08 Å². The molecule has 0 aromatic heterocycles. The number of hydrogen-bond acceptors (Lipinski definition) is 5. The summed E-state index contributed by atoms with van der Waals surface area (Å²) in [5.74, 6) is -0.124. The Hall–Kier alpha value is -2.44. The largest absolute Gasteiger partial charge is 0.508 e. The van der Waals surface area contributed by atoms with Gasteiger partial charge in [0.15, 0.2) is 10.1 Å². The van der Waals surface area contributed by atoms with Gasteiger partial charge in [0.2, 0.25) is 0 Å². The summed E-state index contributed by atoms with van der Waals surface area (Å²) in [6, 6.07) is 13.4. The zero-order valence-corrected chi connectivity index (χ0v) is 14.4. The topological polar surface area (TPSA) is 57.6 Å². The molecule has 1 aliphatic heterocycles. The Morgan fingerprint density at radius 2 is 1.92 bits per heavy atom. The quantitative estimate of drug-likeness (QED) is 0.512. The lowest BCUT2D eigenvalue weighted by Gasteiger charge is -2.15. The van der Waals surface area contributed by atoms with Crippen LogP contribution in [0, 0.1) is 0 Å². The number of thioether (sulfide) groups is 1. The summed E-state index contributed by atoms with van der Waals surface area (Å²) in [7, 11) is 0. The summed E-state index contributed by atoms with van der Waals surface area (Å²) in [5.41, 5.74) is 1.91. The highest BCUT2D eigenvalue weighted by Crippen LogP contribution is 2.36. The molecule has 0 radical (unpaired) electrons. The Balaban J connectivity index is 1.93. The number of thiocarbonyl (C=S) groups is 1. The van der Waals surface area contributed by atoms with E-state index in [0.717, 1.165) is 5.56 Å². The molecule has 6 heteroatoms. The monoisotopic (exact) mass is 355 g/mol. The lowest BCUT2D eigenvalue weighted by molar-refractivity contribution is -0.113. The molecule has 0 spiro atoms. The Bertz CT molecular complexity index is 872. The molecule has 0 atom stereocenters. The van der Waals surface area contributed by atoms with E-state index in [2.05, 4.69) is 0 Å². The average molecular weight is 355 g/mol. The highest BCUT2D eigenvalue weighted by molar-refractivity contribution is 8.27. The summed E-state index contributed by atoms with van der Waals surface area (Å²) in [6.45, 7) is 1.48. The van der Waals surface area contributed by atoms with Gasteiger partial charge in [0.1, 0.15) is 5.75 Å². The van der Waals surface area contributed by atoms with Gasteiger partial charge >= 0.3 is 0 Å². The molecule has 4 nitrogen and oxygen atoms in total. The van der Waals surface area contributed by atoms with Crippen molar-refractivity contribution in [3.05, 3.63) is 64.6 Å². The van der Waals surface area contributed by atoms with Crippen LogP contribution < -0.4 is 4.90 Å². The lowest BCUT2D eigenvalue weighted by atomic mass is 10.1. The number of carbonyl (C=O) groups excluding carboxylic acids is 2. The number of phenolic OH excluding ortho intramolecular Hbond substituents is 1. The van der Waals surface area contributed by atoms with Crippen LogP contribution in [0.5, 0.6) is 5.75 Å². The third-order valence-corrected chi connectivity index (χ3v) is 4.80. The predicted molar refractivity (Wildman–Crippen MR) is 100 cm³/mol. The van der Waals surface area contributed by atoms with E-state index in [0.29, 0.717) is 20.5 Å². The normalized spacial score (nSPS) is 16.0. The second kappa shape index (κ2) is 6.59. The van der Waals surface area contributed by atoms with E-state index in [-0.39, 0.29) is 17.4 Å². The fourth-order valence-electron chi connectivity index (χ4n) is 2.28. The van der Waals surface area contributed by atoms with Gasteiger partial charge < -0.3 is 5.11 Å². The first-order valence-corrected chi connectivity index (χ1v) is 8.36. The van der Waals surface area contributed by atoms with E-state index < -0.39 is 0 Å². The molecule has 24 heavy (non-hydrogen) atoms. The standard InChI is InChI=1S/C18H13NO3S2/c1-11(20)13-3-2-4-14(10-13)19-17(22)16(24-18(19)23)9-12-5-7-15(21)8-6-12/h2-10,21H,1H3. The van der Waals surface area contributed by atoms with Gasteiger partial charge in [0.25, 0.3) is 5.91 Å². The van der Waals surface area contributed by atoms with Gasteiger partial charge in [-0.3, -0.25) is 14.5 Å². The van der Waals surface area contributed by atoms with Crippen molar-refractivity contribution in [2.24, 2.45) is 0 Å². The third kappa shape index (κ3) is 3.25. The van der Waals surface area contributed by atoms with Crippen LogP contribution in [-0.4, -0.2) is 21.1 Å². The van der Waals surface area contributed by atoms with Gasteiger partial charge in [-0.05, 0) is 42.8 Å². The van der Waals surface area contributed by atoms with Crippen LogP contribution in [0.3, 0.4) is 0 Å². The first kappa shape index (κ1) is 16.4. The molecule has 0 unspecified atom stereocenters. The fourth-order valence-corrected chi connectivity index (χ4v) is 3.58. The van der Waals surface area contributed by atoms with Gasteiger partial charge in [-0.15, -0.1) is 0 Å². The molecule has 0 saturated carbocycles. The molecule has 3 rings (SSSR count). The second-order valence-corrected chi connectivity index (χ2v) is 6.89. The van der Waals surface area contributed by atoms with Crippen molar-refractivity contribution in [3.63, 3.8) is 0 Å². The van der Waals surface area contributed by atoms with Crippen LogP contribution in [0.1, 0.15) is 22.8 Å². The zero-order chi connectivity index (χ0) is 17.3. The van der Waals surface area contributed by atoms with E-state index in [1.165, 1.54) is 23.6 Å². The van der Waals surface area contributed by atoms with Gasteiger partial charge in [-0.25, -0.2) is 0 Å². The van der Waals surface area contributed by atoms with Gasteiger partial charge in [-0.2, -0.15) is 0 Å².